The van der Waals surface area contributed by atoms with Gasteiger partial charge in [-0.1, -0.05) is 67.6 Å². The van der Waals surface area contributed by atoms with Crippen molar-refractivity contribution in [3.63, 3.8) is 0 Å². The van der Waals surface area contributed by atoms with E-state index in [4.69, 9.17) is 0 Å². The van der Waals surface area contributed by atoms with Crippen LogP contribution in [0.15, 0.2) is 60.7 Å². The lowest BCUT2D eigenvalue weighted by Crippen LogP contribution is -2.27. The molecular weight excluding hydrogens is 268 g/mol. The first-order valence-corrected chi connectivity index (χ1v) is 8.32. The van der Waals surface area contributed by atoms with Crippen LogP contribution in [0.4, 0.5) is 0 Å². The molecule has 1 saturated heterocycles. The summed E-state index contributed by atoms with van der Waals surface area (Å²) in [7, 11) is 0. The average molecular weight is 294 g/mol. The SMILES string of the molecule is CC1CN(Cc2ccccc2)CC1CNCc1ccccc1. The summed E-state index contributed by atoms with van der Waals surface area (Å²) in [6.45, 7) is 7.98. The molecule has 3 rings (SSSR count). The number of benzene rings is 2. The minimum atomic E-state index is 0.757. The Hall–Kier alpha value is -1.64. The summed E-state index contributed by atoms with van der Waals surface area (Å²) in [6, 6.07) is 21.5. The molecule has 2 atom stereocenters. The maximum atomic E-state index is 3.63. The first-order chi connectivity index (χ1) is 10.8. The Morgan fingerprint density at radius 2 is 1.55 bits per heavy atom. The van der Waals surface area contributed by atoms with E-state index in [0.29, 0.717) is 0 Å². The second-order valence-electron chi connectivity index (χ2n) is 6.53. The lowest BCUT2D eigenvalue weighted by molar-refractivity contribution is 0.312. The van der Waals surface area contributed by atoms with Gasteiger partial charge in [0.05, 0.1) is 0 Å². The Labute approximate surface area is 134 Å². The Balaban J connectivity index is 1.45. The molecule has 2 heteroatoms. The van der Waals surface area contributed by atoms with Crippen LogP contribution >= 0.6 is 0 Å². The van der Waals surface area contributed by atoms with Gasteiger partial charge in [-0.3, -0.25) is 4.90 Å². The van der Waals surface area contributed by atoms with Gasteiger partial charge in [-0.25, -0.2) is 0 Å². The molecule has 2 unspecified atom stereocenters. The van der Waals surface area contributed by atoms with Crippen LogP contribution in [0.5, 0.6) is 0 Å². The Morgan fingerprint density at radius 1 is 0.909 bits per heavy atom. The van der Waals surface area contributed by atoms with Gasteiger partial charge in [0.2, 0.25) is 0 Å². The van der Waals surface area contributed by atoms with E-state index in [9.17, 15) is 0 Å². The van der Waals surface area contributed by atoms with Crippen LogP contribution in [0, 0.1) is 11.8 Å². The first-order valence-electron chi connectivity index (χ1n) is 8.32. The molecule has 0 spiro atoms. The molecule has 0 bridgehead atoms. The van der Waals surface area contributed by atoms with E-state index in [1.807, 2.05) is 0 Å². The lowest BCUT2D eigenvalue weighted by atomic mass is 9.98. The molecule has 2 aromatic carbocycles. The molecular formula is C20H26N2. The van der Waals surface area contributed by atoms with Crippen molar-refractivity contribution in [1.82, 2.24) is 10.2 Å². The molecule has 0 radical (unpaired) electrons. The molecule has 0 amide bonds. The van der Waals surface area contributed by atoms with Crippen LogP contribution in [0.3, 0.4) is 0 Å². The molecule has 1 aliphatic heterocycles. The molecule has 116 valence electrons. The van der Waals surface area contributed by atoms with Crippen LogP contribution < -0.4 is 5.32 Å². The van der Waals surface area contributed by atoms with Crippen molar-refractivity contribution in [2.24, 2.45) is 11.8 Å². The van der Waals surface area contributed by atoms with Crippen LogP contribution in [0.2, 0.25) is 0 Å². The normalized spacial score (nSPS) is 22.0. The summed E-state index contributed by atoms with van der Waals surface area (Å²) in [5.74, 6) is 1.53. The highest BCUT2D eigenvalue weighted by Gasteiger charge is 2.28. The third-order valence-corrected chi connectivity index (χ3v) is 4.67. The monoisotopic (exact) mass is 294 g/mol. The van der Waals surface area contributed by atoms with E-state index in [-0.39, 0.29) is 0 Å². The van der Waals surface area contributed by atoms with E-state index in [1.165, 1.54) is 24.2 Å². The summed E-state index contributed by atoms with van der Waals surface area (Å²) < 4.78 is 0. The van der Waals surface area contributed by atoms with Gasteiger partial charge >= 0.3 is 0 Å². The van der Waals surface area contributed by atoms with Crippen molar-refractivity contribution in [3.8, 4) is 0 Å². The molecule has 22 heavy (non-hydrogen) atoms. The Kier molecular flexibility index (Phi) is 5.25. The number of hydrogen-bond acceptors (Lipinski definition) is 2. The van der Waals surface area contributed by atoms with Gasteiger partial charge in [0.1, 0.15) is 0 Å². The fraction of sp³-hybridized carbons (Fsp3) is 0.400. The van der Waals surface area contributed by atoms with E-state index in [0.717, 1.165) is 31.5 Å². The Morgan fingerprint density at radius 3 is 2.23 bits per heavy atom. The minimum absolute atomic E-state index is 0.757. The maximum Gasteiger partial charge on any atom is 0.0233 e. The van der Waals surface area contributed by atoms with Gasteiger partial charge < -0.3 is 5.32 Å². The van der Waals surface area contributed by atoms with Crippen molar-refractivity contribution in [3.05, 3.63) is 71.8 Å². The smallest absolute Gasteiger partial charge is 0.0233 e. The highest BCUT2D eigenvalue weighted by atomic mass is 15.2. The van der Waals surface area contributed by atoms with Gasteiger partial charge in [-0.2, -0.15) is 0 Å². The van der Waals surface area contributed by atoms with Crippen molar-refractivity contribution in [1.29, 1.82) is 0 Å². The molecule has 1 N–H and O–H groups in total. The molecule has 0 aromatic heterocycles. The molecule has 2 nitrogen and oxygen atoms in total. The van der Waals surface area contributed by atoms with Gasteiger partial charge in [0.25, 0.3) is 0 Å². The standard InChI is InChI=1S/C20H26N2/c1-17-14-22(15-19-10-6-3-7-11-19)16-20(17)13-21-12-18-8-4-2-5-9-18/h2-11,17,20-21H,12-16H2,1H3. The summed E-state index contributed by atoms with van der Waals surface area (Å²) in [5.41, 5.74) is 2.79. The highest BCUT2D eigenvalue weighted by Crippen LogP contribution is 2.24. The lowest BCUT2D eigenvalue weighted by Gasteiger charge is -2.16. The summed E-state index contributed by atoms with van der Waals surface area (Å²) in [4.78, 5) is 2.59. The molecule has 1 aliphatic rings. The molecule has 1 heterocycles. The van der Waals surface area contributed by atoms with Gasteiger partial charge in [0.15, 0.2) is 0 Å². The topological polar surface area (TPSA) is 15.3 Å². The van der Waals surface area contributed by atoms with Crippen LogP contribution in [0.1, 0.15) is 18.1 Å². The van der Waals surface area contributed by atoms with Crippen molar-refractivity contribution < 1.29 is 0 Å². The quantitative estimate of drug-likeness (QED) is 0.876. The van der Waals surface area contributed by atoms with Crippen LogP contribution in [-0.2, 0) is 13.1 Å². The van der Waals surface area contributed by atoms with E-state index >= 15 is 0 Å². The number of nitrogens with one attached hydrogen (secondary N) is 1. The zero-order valence-electron chi connectivity index (χ0n) is 13.4. The van der Waals surface area contributed by atoms with E-state index < -0.39 is 0 Å². The fourth-order valence-electron chi connectivity index (χ4n) is 3.38. The van der Waals surface area contributed by atoms with E-state index in [1.54, 1.807) is 0 Å². The van der Waals surface area contributed by atoms with Crippen LogP contribution in [-0.4, -0.2) is 24.5 Å². The molecule has 0 aliphatic carbocycles. The third kappa shape index (κ3) is 4.19. The molecule has 2 aromatic rings. The zero-order valence-corrected chi connectivity index (χ0v) is 13.4. The maximum absolute atomic E-state index is 3.63. The van der Waals surface area contributed by atoms with Crippen molar-refractivity contribution in [2.75, 3.05) is 19.6 Å². The predicted molar refractivity (Wildman–Crippen MR) is 92.5 cm³/mol. The van der Waals surface area contributed by atoms with Crippen molar-refractivity contribution >= 4 is 0 Å². The number of nitrogens with zero attached hydrogens (tertiary/aromatic N) is 1. The fourth-order valence-corrected chi connectivity index (χ4v) is 3.38. The second kappa shape index (κ2) is 7.57. The molecule has 1 fully saturated rings. The predicted octanol–water partition coefficient (Wildman–Crippen LogP) is 3.54. The molecule has 0 saturated carbocycles. The minimum Gasteiger partial charge on any atom is -0.312 e. The van der Waals surface area contributed by atoms with Crippen LogP contribution in [0.25, 0.3) is 0 Å². The van der Waals surface area contributed by atoms with E-state index in [2.05, 4.69) is 77.8 Å². The Bertz CT molecular complexity index is 552. The van der Waals surface area contributed by atoms with Gasteiger partial charge in [0, 0.05) is 26.2 Å². The zero-order chi connectivity index (χ0) is 15.2. The number of rotatable bonds is 6. The van der Waals surface area contributed by atoms with Crippen molar-refractivity contribution in [2.45, 2.75) is 20.0 Å². The summed E-state index contributed by atoms with van der Waals surface area (Å²) in [5, 5.41) is 3.63. The number of likely N-dealkylation sites (tertiary alicyclic amines) is 1. The highest BCUT2D eigenvalue weighted by molar-refractivity contribution is 5.15. The largest absolute Gasteiger partial charge is 0.312 e. The third-order valence-electron chi connectivity index (χ3n) is 4.67. The first kappa shape index (κ1) is 15.3. The summed E-state index contributed by atoms with van der Waals surface area (Å²) in [6.07, 6.45) is 0. The van der Waals surface area contributed by atoms with Gasteiger partial charge in [-0.15, -0.1) is 0 Å². The summed E-state index contributed by atoms with van der Waals surface area (Å²) >= 11 is 0. The second-order valence-corrected chi connectivity index (χ2v) is 6.53. The average Bonchev–Trinajstić information content (AvgIpc) is 2.89. The number of hydrogen-bond donors (Lipinski definition) is 1. The van der Waals surface area contributed by atoms with Gasteiger partial charge in [-0.05, 0) is 29.5 Å².